The van der Waals surface area contributed by atoms with Crippen molar-refractivity contribution in [1.82, 2.24) is 5.32 Å². The van der Waals surface area contributed by atoms with Crippen LogP contribution in [0.3, 0.4) is 0 Å². The minimum absolute atomic E-state index is 0.139. The molecule has 0 aliphatic carbocycles. The highest BCUT2D eigenvalue weighted by molar-refractivity contribution is 7.92. The van der Waals surface area contributed by atoms with E-state index in [2.05, 4.69) is 10.0 Å². The average Bonchev–Trinajstić information content (AvgIpc) is 2.29. The van der Waals surface area contributed by atoms with Crippen LogP contribution in [0.5, 0.6) is 0 Å². The summed E-state index contributed by atoms with van der Waals surface area (Å²) in [5.41, 5.74) is 1.71. The fourth-order valence-corrected chi connectivity index (χ4v) is 2.90. The Morgan fingerprint density at radius 2 is 1.89 bits per heavy atom. The molecule has 102 valence electrons. The molecule has 0 unspecified atom stereocenters. The third-order valence-corrected chi connectivity index (χ3v) is 4.05. The topological polar surface area (TPSA) is 58.2 Å². The molecule has 1 rings (SSSR count). The first kappa shape index (κ1) is 15.0. The number of hydrogen-bond acceptors (Lipinski definition) is 3. The van der Waals surface area contributed by atoms with Gasteiger partial charge in [0, 0.05) is 0 Å². The van der Waals surface area contributed by atoms with Crippen molar-refractivity contribution in [2.45, 2.75) is 26.2 Å². The van der Waals surface area contributed by atoms with Crippen LogP contribution in [-0.2, 0) is 10.0 Å². The Hall–Kier alpha value is -1.07. The largest absolute Gasteiger partial charge is 0.320 e. The molecule has 5 heteroatoms. The van der Waals surface area contributed by atoms with E-state index in [0.29, 0.717) is 24.6 Å². The first-order chi connectivity index (χ1) is 8.46. The smallest absolute Gasteiger partial charge is 0.232 e. The maximum absolute atomic E-state index is 11.9. The van der Waals surface area contributed by atoms with Crippen molar-refractivity contribution < 1.29 is 8.42 Å². The second kappa shape index (κ2) is 6.75. The molecule has 2 N–H and O–H groups in total. The third kappa shape index (κ3) is 4.66. The van der Waals surface area contributed by atoms with Crippen molar-refractivity contribution >= 4 is 15.7 Å². The molecule has 0 aliphatic heterocycles. The van der Waals surface area contributed by atoms with Gasteiger partial charge < -0.3 is 5.32 Å². The van der Waals surface area contributed by atoms with Crippen LogP contribution < -0.4 is 10.0 Å². The molecule has 1 aromatic rings. The van der Waals surface area contributed by atoms with Gasteiger partial charge in [-0.05, 0) is 37.6 Å². The van der Waals surface area contributed by atoms with E-state index in [-0.39, 0.29) is 5.75 Å². The zero-order valence-electron chi connectivity index (χ0n) is 11.2. The molecule has 0 saturated heterocycles. The lowest BCUT2D eigenvalue weighted by atomic mass is 10.0. The number of benzene rings is 1. The molecule has 0 radical (unpaired) electrons. The van der Waals surface area contributed by atoms with Crippen LogP contribution in [0.15, 0.2) is 24.3 Å². The minimum atomic E-state index is -3.25. The predicted molar refractivity (Wildman–Crippen MR) is 76.5 cm³/mol. The third-order valence-electron chi connectivity index (χ3n) is 2.69. The lowest BCUT2D eigenvalue weighted by Crippen LogP contribution is -2.21. The van der Waals surface area contributed by atoms with Crippen LogP contribution in [0.2, 0.25) is 0 Å². The van der Waals surface area contributed by atoms with Crippen molar-refractivity contribution in [3.05, 3.63) is 29.8 Å². The number of hydrogen-bond donors (Lipinski definition) is 2. The minimum Gasteiger partial charge on any atom is -0.320 e. The fourth-order valence-electron chi connectivity index (χ4n) is 1.75. The maximum Gasteiger partial charge on any atom is 0.232 e. The Bertz CT molecular complexity index is 470. The van der Waals surface area contributed by atoms with Crippen molar-refractivity contribution in [3.63, 3.8) is 0 Å². The Balaban J connectivity index is 2.78. The number of sulfonamides is 1. The number of rotatable bonds is 7. The van der Waals surface area contributed by atoms with Gasteiger partial charge in [-0.15, -0.1) is 0 Å². The van der Waals surface area contributed by atoms with Crippen LogP contribution in [0.4, 0.5) is 5.69 Å². The summed E-state index contributed by atoms with van der Waals surface area (Å²) in [7, 11) is -1.44. The van der Waals surface area contributed by atoms with Crippen LogP contribution in [0.25, 0.3) is 0 Å². The van der Waals surface area contributed by atoms with E-state index < -0.39 is 10.0 Å². The fraction of sp³-hybridized carbons (Fsp3) is 0.538. The van der Waals surface area contributed by atoms with Gasteiger partial charge in [0.15, 0.2) is 0 Å². The van der Waals surface area contributed by atoms with Gasteiger partial charge >= 0.3 is 0 Å². The molecular weight excluding hydrogens is 248 g/mol. The van der Waals surface area contributed by atoms with E-state index in [1.807, 2.05) is 45.2 Å². The Labute approximate surface area is 110 Å². The van der Waals surface area contributed by atoms with E-state index in [1.54, 1.807) is 0 Å². The standard InChI is InChI=1S/C13H22N2O2S/c1-11(2)12-7-4-5-8-13(12)15-18(16,17)10-6-9-14-3/h4-5,7-8,11,14-15H,6,9-10H2,1-3H3. The number of anilines is 1. The normalized spacial score (nSPS) is 11.8. The molecule has 1 aromatic carbocycles. The van der Waals surface area contributed by atoms with Crippen LogP contribution in [0, 0.1) is 0 Å². The molecule has 18 heavy (non-hydrogen) atoms. The molecule has 0 saturated carbocycles. The van der Waals surface area contributed by atoms with Crippen molar-refractivity contribution in [1.29, 1.82) is 0 Å². The van der Waals surface area contributed by atoms with Gasteiger partial charge in [-0.2, -0.15) is 0 Å². The number of nitrogens with one attached hydrogen (secondary N) is 2. The molecular formula is C13H22N2O2S. The lowest BCUT2D eigenvalue weighted by molar-refractivity contribution is 0.597. The summed E-state index contributed by atoms with van der Waals surface area (Å²) >= 11 is 0. The zero-order chi connectivity index (χ0) is 13.6. The molecule has 0 bridgehead atoms. The molecule has 0 spiro atoms. The van der Waals surface area contributed by atoms with E-state index in [4.69, 9.17) is 0 Å². The summed E-state index contributed by atoms with van der Waals surface area (Å²) in [6.45, 7) is 4.80. The molecule has 0 fully saturated rings. The Morgan fingerprint density at radius 3 is 2.50 bits per heavy atom. The van der Waals surface area contributed by atoms with Crippen LogP contribution >= 0.6 is 0 Å². The Morgan fingerprint density at radius 1 is 1.22 bits per heavy atom. The van der Waals surface area contributed by atoms with E-state index >= 15 is 0 Å². The molecule has 0 atom stereocenters. The highest BCUT2D eigenvalue weighted by Gasteiger charge is 2.13. The van der Waals surface area contributed by atoms with Crippen molar-refractivity contribution in [2.24, 2.45) is 0 Å². The zero-order valence-corrected chi connectivity index (χ0v) is 12.0. The van der Waals surface area contributed by atoms with Gasteiger partial charge in [0.1, 0.15) is 0 Å². The van der Waals surface area contributed by atoms with Crippen LogP contribution in [-0.4, -0.2) is 27.8 Å². The Kier molecular flexibility index (Phi) is 5.62. The second-order valence-electron chi connectivity index (χ2n) is 4.62. The number of para-hydroxylation sites is 1. The highest BCUT2D eigenvalue weighted by Crippen LogP contribution is 2.24. The molecule has 0 amide bonds. The summed E-state index contributed by atoms with van der Waals surface area (Å²) in [6, 6.07) is 7.53. The molecule has 4 nitrogen and oxygen atoms in total. The molecule has 0 heterocycles. The SMILES string of the molecule is CNCCCS(=O)(=O)Nc1ccccc1C(C)C. The summed E-state index contributed by atoms with van der Waals surface area (Å²) in [5, 5.41) is 2.94. The first-order valence-electron chi connectivity index (χ1n) is 6.20. The predicted octanol–water partition coefficient (Wildman–Crippen LogP) is 2.16. The summed E-state index contributed by atoms with van der Waals surface area (Å²) in [4.78, 5) is 0. The van der Waals surface area contributed by atoms with Gasteiger partial charge in [-0.1, -0.05) is 32.0 Å². The van der Waals surface area contributed by atoms with Crippen molar-refractivity contribution in [3.8, 4) is 0 Å². The molecule has 0 aliphatic rings. The first-order valence-corrected chi connectivity index (χ1v) is 7.85. The van der Waals surface area contributed by atoms with Gasteiger partial charge in [0.25, 0.3) is 0 Å². The van der Waals surface area contributed by atoms with Gasteiger partial charge in [-0.3, -0.25) is 4.72 Å². The van der Waals surface area contributed by atoms with E-state index in [1.165, 1.54) is 0 Å². The summed E-state index contributed by atoms with van der Waals surface area (Å²) in [5.74, 6) is 0.432. The second-order valence-corrected chi connectivity index (χ2v) is 6.46. The monoisotopic (exact) mass is 270 g/mol. The van der Waals surface area contributed by atoms with Gasteiger partial charge in [-0.25, -0.2) is 8.42 Å². The quantitative estimate of drug-likeness (QED) is 0.747. The van der Waals surface area contributed by atoms with E-state index in [0.717, 1.165) is 5.56 Å². The summed E-state index contributed by atoms with van der Waals surface area (Å²) in [6.07, 6.45) is 0.607. The summed E-state index contributed by atoms with van der Waals surface area (Å²) < 4.78 is 26.5. The van der Waals surface area contributed by atoms with Gasteiger partial charge in [0.05, 0.1) is 11.4 Å². The lowest BCUT2D eigenvalue weighted by Gasteiger charge is -2.14. The average molecular weight is 270 g/mol. The van der Waals surface area contributed by atoms with Crippen LogP contribution in [0.1, 0.15) is 31.7 Å². The van der Waals surface area contributed by atoms with E-state index in [9.17, 15) is 8.42 Å². The van der Waals surface area contributed by atoms with Gasteiger partial charge in [0.2, 0.25) is 10.0 Å². The molecule has 0 aromatic heterocycles. The van der Waals surface area contributed by atoms with Crippen molar-refractivity contribution in [2.75, 3.05) is 24.1 Å². The highest BCUT2D eigenvalue weighted by atomic mass is 32.2. The maximum atomic E-state index is 11.9.